The summed E-state index contributed by atoms with van der Waals surface area (Å²) < 4.78 is 0. The smallest absolute Gasteiger partial charge is 0.0249 e. The molecule has 0 heterocycles. The summed E-state index contributed by atoms with van der Waals surface area (Å²) in [6.07, 6.45) is 6.81. The first-order valence-electron chi connectivity index (χ1n) is 7.61. The van der Waals surface area contributed by atoms with Crippen LogP contribution in [0.1, 0.15) is 52.9 Å². The van der Waals surface area contributed by atoms with Crippen LogP contribution in [0.5, 0.6) is 0 Å². The standard InChI is InChI=1S/C15H30N2/c1-4-17(10-12-5-6-12)15-9-13(11(2)3)7-8-14(15)16/h11-15H,4-10,16H2,1-3H3. The zero-order valence-electron chi connectivity index (χ0n) is 11.9. The van der Waals surface area contributed by atoms with Crippen LogP contribution in [0.25, 0.3) is 0 Å². The molecule has 0 aromatic heterocycles. The molecule has 2 aliphatic rings. The summed E-state index contributed by atoms with van der Waals surface area (Å²) in [7, 11) is 0. The number of likely N-dealkylation sites (N-methyl/N-ethyl adjacent to an activating group) is 1. The van der Waals surface area contributed by atoms with Crippen LogP contribution in [0.15, 0.2) is 0 Å². The van der Waals surface area contributed by atoms with Crippen molar-refractivity contribution in [3.8, 4) is 0 Å². The van der Waals surface area contributed by atoms with E-state index in [2.05, 4.69) is 25.7 Å². The Balaban J connectivity index is 1.94. The largest absolute Gasteiger partial charge is 0.326 e. The molecule has 0 amide bonds. The summed E-state index contributed by atoms with van der Waals surface area (Å²) in [5, 5.41) is 0. The summed E-state index contributed by atoms with van der Waals surface area (Å²) >= 11 is 0. The Morgan fingerprint density at radius 1 is 1.18 bits per heavy atom. The molecule has 0 aliphatic heterocycles. The molecule has 2 heteroatoms. The van der Waals surface area contributed by atoms with Crippen LogP contribution in [0.4, 0.5) is 0 Å². The normalized spacial score (nSPS) is 34.6. The fourth-order valence-electron chi connectivity index (χ4n) is 3.36. The van der Waals surface area contributed by atoms with Crippen molar-refractivity contribution in [2.24, 2.45) is 23.5 Å². The van der Waals surface area contributed by atoms with E-state index in [1.165, 1.54) is 45.2 Å². The van der Waals surface area contributed by atoms with Crippen LogP contribution in [0.2, 0.25) is 0 Å². The predicted octanol–water partition coefficient (Wildman–Crippen LogP) is 2.87. The van der Waals surface area contributed by atoms with Crippen LogP contribution >= 0.6 is 0 Å². The molecule has 0 aromatic carbocycles. The summed E-state index contributed by atoms with van der Waals surface area (Å²) in [5.74, 6) is 2.71. The van der Waals surface area contributed by atoms with Gasteiger partial charge in [-0.1, -0.05) is 20.8 Å². The Bertz CT molecular complexity index is 235. The molecule has 2 saturated carbocycles. The molecular weight excluding hydrogens is 208 g/mol. The number of rotatable bonds is 5. The van der Waals surface area contributed by atoms with Crippen molar-refractivity contribution in [1.29, 1.82) is 0 Å². The predicted molar refractivity (Wildman–Crippen MR) is 73.9 cm³/mol. The van der Waals surface area contributed by atoms with Crippen molar-refractivity contribution < 1.29 is 0 Å². The Morgan fingerprint density at radius 3 is 2.41 bits per heavy atom. The van der Waals surface area contributed by atoms with E-state index in [0.29, 0.717) is 12.1 Å². The zero-order valence-corrected chi connectivity index (χ0v) is 11.9. The highest BCUT2D eigenvalue weighted by Crippen LogP contribution is 2.35. The molecule has 100 valence electrons. The first-order chi connectivity index (χ1) is 8.11. The van der Waals surface area contributed by atoms with Gasteiger partial charge in [0.15, 0.2) is 0 Å². The summed E-state index contributed by atoms with van der Waals surface area (Å²) in [4.78, 5) is 2.68. The van der Waals surface area contributed by atoms with Gasteiger partial charge in [-0.3, -0.25) is 4.90 Å². The topological polar surface area (TPSA) is 29.3 Å². The van der Waals surface area contributed by atoms with Crippen molar-refractivity contribution in [1.82, 2.24) is 4.90 Å². The number of hydrogen-bond donors (Lipinski definition) is 1. The second kappa shape index (κ2) is 5.71. The molecule has 0 aromatic rings. The van der Waals surface area contributed by atoms with Gasteiger partial charge in [-0.05, 0) is 56.4 Å². The van der Waals surface area contributed by atoms with Gasteiger partial charge in [0.05, 0.1) is 0 Å². The van der Waals surface area contributed by atoms with E-state index < -0.39 is 0 Å². The lowest BCUT2D eigenvalue weighted by Crippen LogP contribution is -2.52. The Hall–Kier alpha value is -0.0800. The molecule has 0 radical (unpaired) electrons. The number of nitrogens with zero attached hydrogens (tertiary/aromatic N) is 1. The number of hydrogen-bond acceptors (Lipinski definition) is 2. The van der Waals surface area contributed by atoms with E-state index >= 15 is 0 Å². The van der Waals surface area contributed by atoms with Gasteiger partial charge < -0.3 is 5.73 Å². The van der Waals surface area contributed by atoms with Crippen molar-refractivity contribution in [2.45, 2.75) is 65.0 Å². The van der Waals surface area contributed by atoms with Crippen LogP contribution in [0.3, 0.4) is 0 Å². The lowest BCUT2D eigenvalue weighted by Gasteiger charge is -2.42. The highest BCUT2D eigenvalue weighted by molar-refractivity contribution is 4.91. The SMILES string of the molecule is CCN(CC1CC1)C1CC(C(C)C)CCC1N. The average Bonchev–Trinajstić information content (AvgIpc) is 3.10. The Kier molecular flexibility index (Phi) is 4.48. The molecule has 2 aliphatic carbocycles. The van der Waals surface area contributed by atoms with Crippen molar-refractivity contribution in [3.63, 3.8) is 0 Å². The molecule has 2 fully saturated rings. The van der Waals surface area contributed by atoms with Crippen LogP contribution in [0, 0.1) is 17.8 Å². The third kappa shape index (κ3) is 3.45. The Morgan fingerprint density at radius 2 is 1.88 bits per heavy atom. The summed E-state index contributed by atoms with van der Waals surface area (Å²) in [6.45, 7) is 9.53. The third-order valence-electron chi connectivity index (χ3n) is 4.92. The molecular formula is C15H30N2. The minimum Gasteiger partial charge on any atom is -0.326 e. The van der Waals surface area contributed by atoms with Crippen LogP contribution < -0.4 is 5.73 Å². The van der Waals surface area contributed by atoms with Gasteiger partial charge in [-0.25, -0.2) is 0 Å². The van der Waals surface area contributed by atoms with Gasteiger partial charge in [0, 0.05) is 18.6 Å². The van der Waals surface area contributed by atoms with Crippen molar-refractivity contribution >= 4 is 0 Å². The van der Waals surface area contributed by atoms with E-state index in [-0.39, 0.29) is 0 Å². The highest BCUT2D eigenvalue weighted by atomic mass is 15.2. The van der Waals surface area contributed by atoms with E-state index in [0.717, 1.165) is 17.8 Å². The molecule has 3 unspecified atom stereocenters. The molecule has 0 bridgehead atoms. The maximum atomic E-state index is 6.37. The van der Waals surface area contributed by atoms with E-state index in [1.54, 1.807) is 0 Å². The fourth-order valence-corrected chi connectivity index (χ4v) is 3.36. The van der Waals surface area contributed by atoms with Gasteiger partial charge in [0.1, 0.15) is 0 Å². The summed E-state index contributed by atoms with van der Waals surface area (Å²) in [6, 6.07) is 1.07. The second-order valence-electron chi connectivity index (χ2n) is 6.58. The van der Waals surface area contributed by atoms with Gasteiger partial charge in [-0.15, -0.1) is 0 Å². The Labute approximate surface area is 107 Å². The second-order valence-corrected chi connectivity index (χ2v) is 6.58. The lowest BCUT2D eigenvalue weighted by atomic mass is 9.76. The van der Waals surface area contributed by atoms with E-state index in [1.807, 2.05) is 0 Å². The lowest BCUT2D eigenvalue weighted by molar-refractivity contribution is 0.0969. The quantitative estimate of drug-likeness (QED) is 0.798. The van der Waals surface area contributed by atoms with Crippen molar-refractivity contribution in [2.75, 3.05) is 13.1 Å². The molecule has 2 nitrogen and oxygen atoms in total. The van der Waals surface area contributed by atoms with Gasteiger partial charge in [-0.2, -0.15) is 0 Å². The average molecular weight is 238 g/mol. The minimum atomic E-state index is 0.420. The zero-order chi connectivity index (χ0) is 12.4. The van der Waals surface area contributed by atoms with E-state index in [4.69, 9.17) is 5.73 Å². The maximum Gasteiger partial charge on any atom is 0.0249 e. The molecule has 3 atom stereocenters. The maximum absolute atomic E-state index is 6.37. The van der Waals surface area contributed by atoms with E-state index in [9.17, 15) is 0 Å². The van der Waals surface area contributed by atoms with Gasteiger partial charge >= 0.3 is 0 Å². The highest BCUT2D eigenvalue weighted by Gasteiger charge is 2.35. The molecule has 2 rings (SSSR count). The number of nitrogens with two attached hydrogens (primary N) is 1. The molecule has 17 heavy (non-hydrogen) atoms. The molecule has 0 saturated heterocycles. The minimum absolute atomic E-state index is 0.420. The van der Waals surface area contributed by atoms with Crippen LogP contribution in [-0.4, -0.2) is 30.1 Å². The summed E-state index contributed by atoms with van der Waals surface area (Å²) in [5.41, 5.74) is 6.37. The van der Waals surface area contributed by atoms with Crippen molar-refractivity contribution in [3.05, 3.63) is 0 Å². The van der Waals surface area contributed by atoms with Gasteiger partial charge in [0.25, 0.3) is 0 Å². The monoisotopic (exact) mass is 238 g/mol. The first-order valence-corrected chi connectivity index (χ1v) is 7.61. The molecule has 0 spiro atoms. The van der Waals surface area contributed by atoms with Crippen LogP contribution in [-0.2, 0) is 0 Å². The molecule has 2 N–H and O–H groups in total. The third-order valence-corrected chi connectivity index (χ3v) is 4.92. The first kappa shape index (κ1) is 13.4. The van der Waals surface area contributed by atoms with Gasteiger partial charge in [0.2, 0.25) is 0 Å². The fraction of sp³-hybridized carbons (Fsp3) is 1.00.